The molecule has 0 bridgehead atoms. The molecule has 2 aliphatic carbocycles. The van der Waals surface area contributed by atoms with E-state index in [1.807, 2.05) is 0 Å². The minimum Gasteiger partial charge on any atom is -0.462 e. The van der Waals surface area contributed by atoms with E-state index in [4.69, 9.17) is 14.6 Å². The van der Waals surface area contributed by atoms with Gasteiger partial charge in [0.1, 0.15) is 0 Å². The summed E-state index contributed by atoms with van der Waals surface area (Å²) in [6.45, 7) is 11.4. The quantitative estimate of drug-likeness (QED) is 0.107. The van der Waals surface area contributed by atoms with Crippen molar-refractivity contribution in [1.82, 2.24) is 0 Å². The number of carbonyl (C=O) groups is 2. The summed E-state index contributed by atoms with van der Waals surface area (Å²) in [6, 6.07) is 14.3. The van der Waals surface area contributed by atoms with Crippen LogP contribution >= 0.6 is 0 Å². The van der Waals surface area contributed by atoms with Gasteiger partial charge in [0.05, 0.1) is 25.4 Å². The molecule has 46 heavy (non-hydrogen) atoms. The van der Waals surface area contributed by atoms with E-state index >= 15 is 0 Å². The maximum absolute atomic E-state index is 12.0. The van der Waals surface area contributed by atoms with E-state index in [9.17, 15) is 9.59 Å². The van der Waals surface area contributed by atoms with Crippen LogP contribution in [-0.2, 0) is 25.5 Å². The number of esters is 2. The maximum Gasteiger partial charge on any atom is 0.335 e. The van der Waals surface area contributed by atoms with E-state index < -0.39 is 12.6 Å². The summed E-state index contributed by atoms with van der Waals surface area (Å²) in [5, 5.41) is 11.9. The summed E-state index contributed by atoms with van der Waals surface area (Å²) in [5.41, 5.74) is 3.47. The fourth-order valence-electron chi connectivity index (χ4n) is 7.91. The van der Waals surface area contributed by atoms with Gasteiger partial charge >= 0.3 is 11.9 Å². The number of rotatable bonds is 17. The van der Waals surface area contributed by atoms with Gasteiger partial charge in [0.25, 0.3) is 0 Å². The molecule has 2 saturated carbocycles. The van der Waals surface area contributed by atoms with Crippen LogP contribution < -0.4 is 0 Å². The third-order valence-electron chi connectivity index (χ3n) is 10.8. The van der Waals surface area contributed by atoms with Gasteiger partial charge < -0.3 is 14.6 Å². The molecule has 0 aromatic heterocycles. The number of ether oxygens (including phenoxy) is 2. The summed E-state index contributed by atoms with van der Waals surface area (Å²) < 4.78 is 10.8. The number of hydrogen-bond acceptors (Lipinski definition) is 5. The number of fused-ring (bicyclic) bond motifs is 1. The van der Waals surface area contributed by atoms with E-state index in [2.05, 4.69) is 56.5 Å². The Balaban J connectivity index is 1.22. The summed E-state index contributed by atoms with van der Waals surface area (Å²) in [7, 11) is 0. The Morgan fingerprint density at radius 3 is 2.07 bits per heavy atom. The van der Waals surface area contributed by atoms with Crippen molar-refractivity contribution in [2.45, 2.75) is 116 Å². The maximum atomic E-state index is 12.0. The number of benzene rings is 2. The van der Waals surface area contributed by atoms with E-state index in [-0.39, 0.29) is 18.1 Å². The lowest BCUT2D eigenvalue weighted by molar-refractivity contribution is -0.140. The summed E-state index contributed by atoms with van der Waals surface area (Å²) in [5.74, 6) is 2.27. The lowest BCUT2D eigenvalue weighted by Gasteiger charge is -2.37. The highest BCUT2D eigenvalue weighted by Gasteiger charge is 2.31. The molecule has 0 spiro atoms. The molecule has 1 atom stereocenters. The zero-order valence-electron chi connectivity index (χ0n) is 28.6. The van der Waals surface area contributed by atoms with E-state index in [1.54, 1.807) is 6.92 Å². The topological polar surface area (TPSA) is 72.8 Å². The Morgan fingerprint density at radius 1 is 0.826 bits per heavy atom. The van der Waals surface area contributed by atoms with Crippen LogP contribution in [0.4, 0.5) is 0 Å². The molecule has 0 saturated heterocycles. The van der Waals surface area contributed by atoms with Crippen LogP contribution in [0, 0.1) is 23.7 Å². The van der Waals surface area contributed by atoms with Gasteiger partial charge in [-0.2, -0.15) is 0 Å². The average Bonchev–Trinajstić information content (AvgIpc) is 3.07. The van der Waals surface area contributed by atoms with Crippen molar-refractivity contribution in [3.05, 3.63) is 71.8 Å². The van der Waals surface area contributed by atoms with Crippen LogP contribution in [0.25, 0.3) is 10.8 Å². The third-order valence-corrected chi connectivity index (χ3v) is 10.8. The molecule has 1 unspecified atom stereocenters. The molecule has 1 N–H and O–H groups in total. The Morgan fingerprint density at radius 2 is 1.43 bits per heavy atom. The van der Waals surface area contributed by atoms with Crippen LogP contribution in [0.1, 0.15) is 121 Å². The first-order valence-corrected chi connectivity index (χ1v) is 18.1. The second-order valence-corrected chi connectivity index (χ2v) is 14.3. The molecule has 252 valence electrons. The van der Waals surface area contributed by atoms with Crippen molar-refractivity contribution in [2.75, 3.05) is 19.8 Å². The Labute approximate surface area is 277 Å². The largest absolute Gasteiger partial charge is 0.462 e. The first-order valence-electron chi connectivity index (χ1n) is 18.1. The SMILES string of the molecule is C=C(C)C(=O)OCCC(CCOC(=O)C(=C)CO)C1CCC(CC2CCC(c3ccc4cc(CCCCC)ccc4c3)CC2)CC1. The van der Waals surface area contributed by atoms with E-state index in [0.29, 0.717) is 29.9 Å². The predicted molar refractivity (Wildman–Crippen MR) is 188 cm³/mol. The van der Waals surface area contributed by atoms with E-state index in [1.165, 1.54) is 105 Å². The second kappa shape index (κ2) is 18.4. The van der Waals surface area contributed by atoms with Gasteiger partial charge in [0.2, 0.25) is 0 Å². The van der Waals surface area contributed by atoms with Crippen molar-refractivity contribution in [3.63, 3.8) is 0 Å². The smallest absolute Gasteiger partial charge is 0.335 e. The molecule has 0 heterocycles. The summed E-state index contributed by atoms with van der Waals surface area (Å²) >= 11 is 0. The van der Waals surface area contributed by atoms with Crippen LogP contribution in [0.15, 0.2) is 60.7 Å². The van der Waals surface area contributed by atoms with Crippen molar-refractivity contribution >= 4 is 22.7 Å². The van der Waals surface area contributed by atoms with Crippen molar-refractivity contribution in [2.24, 2.45) is 23.7 Å². The fourth-order valence-corrected chi connectivity index (χ4v) is 7.91. The molecule has 5 nitrogen and oxygen atoms in total. The Bertz CT molecular complexity index is 1300. The summed E-state index contributed by atoms with van der Waals surface area (Å²) in [6.07, 6.45) is 18.0. The van der Waals surface area contributed by atoms with Gasteiger partial charge in [-0.25, -0.2) is 9.59 Å². The van der Waals surface area contributed by atoms with Gasteiger partial charge in [-0.05, 0) is 129 Å². The Kier molecular flexibility index (Phi) is 14.4. The summed E-state index contributed by atoms with van der Waals surface area (Å²) in [4.78, 5) is 23.9. The molecule has 0 amide bonds. The zero-order valence-corrected chi connectivity index (χ0v) is 28.6. The predicted octanol–water partition coefficient (Wildman–Crippen LogP) is 9.65. The molecule has 0 aliphatic heterocycles. The first kappa shape index (κ1) is 35.9. The molecule has 4 rings (SSSR count). The average molecular weight is 631 g/mol. The number of aliphatic hydroxyl groups excluding tert-OH is 1. The van der Waals surface area contributed by atoms with Crippen LogP contribution in [-0.4, -0.2) is 36.9 Å². The molecular formula is C41H58O5. The number of unbranched alkanes of at least 4 members (excludes halogenated alkanes) is 2. The van der Waals surface area contributed by atoms with Crippen LogP contribution in [0.2, 0.25) is 0 Å². The normalized spacial score (nSPS) is 22.2. The van der Waals surface area contributed by atoms with Crippen molar-refractivity contribution < 1.29 is 24.2 Å². The molecule has 2 aromatic rings. The first-order chi connectivity index (χ1) is 22.3. The zero-order chi connectivity index (χ0) is 32.9. The van der Waals surface area contributed by atoms with Gasteiger partial charge in [0.15, 0.2) is 0 Å². The standard InChI is InChI=1S/C41H58O5/c1-5-6-7-8-31-13-18-39-27-38(20-19-37(39)26-31)35-16-11-33(12-17-35)25-32-9-14-34(15-10-32)36(21-23-45-40(43)29(2)3)22-24-46-41(44)30(4)28-42/h13,18-20,26-27,32-36,42H,2,4-12,14-17,21-25,28H2,1,3H3. The van der Waals surface area contributed by atoms with Crippen molar-refractivity contribution in [1.29, 1.82) is 0 Å². The monoisotopic (exact) mass is 630 g/mol. The highest BCUT2D eigenvalue weighted by Crippen LogP contribution is 2.43. The molecule has 2 aliphatic rings. The van der Waals surface area contributed by atoms with Crippen LogP contribution in [0.3, 0.4) is 0 Å². The lowest BCUT2D eigenvalue weighted by Crippen LogP contribution is -2.26. The number of aliphatic hydroxyl groups is 1. The second-order valence-electron chi connectivity index (χ2n) is 14.3. The third kappa shape index (κ3) is 10.8. The molecule has 2 aromatic carbocycles. The van der Waals surface area contributed by atoms with Gasteiger partial charge in [-0.3, -0.25) is 0 Å². The lowest BCUT2D eigenvalue weighted by atomic mass is 9.69. The highest BCUT2D eigenvalue weighted by molar-refractivity contribution is 5.88. The number of carbonyl (C=O) groups excluding carboxylic acids is 2. The molecule has 0 radical (unpaired) electrons. The molecule has 5 heteroatoms. The van der Waals surface area contributed by atoms with Gasteiger partial charge in [0, 0.05) is 5.57 Å². The van der Waals surface area contributed by atoms with E-state index in [0.717, 1.165) is 24.7 Å². The Hall–Kier alpha value is -2.92. The van der Waals surface area contributed by atoms with Crippen LogP contribution in [0.5, 0.6) is 0 Å². The van der Waals surface area contributed by atoms with Gasteiger partial charge in [-0.1, -0.05) is 82.2 Å². The fraction of sp³-hybridized carbons (Fsp3) is 0.610. The molecular weight excluding hydrogens is 572 g/mol. The van der Waals surface area contributed by atoms with Crippen molar-refractivity contribution in [3.8, 4) is 0 Å². The van der Waals surface area contributed by atoms with Gasteiger partial charge in [-0.15, -0.1) is 0 Å². The minimum atomic E-state index is -0.541. The highest BCUT2D eigenvalue weighted by atomic mass is 16.5. The molecule has 2 fully saturated rings. The number of aryl methyl sites for hydroxylation is 1. The number of hydrogen-bond donors (Lipinski definition) is 1. The minimum absolute atomic E-state index is 0.0744.